The van der Waals surface area contributed by atoms with Gasteiger partial charge in [0.05, 0.1) is 6.54 Å². The number of halogens is 1. The second kappa shape index (κ2) is 8.91. The number of Topliss-reactive ketones (excluding diaryl/α,β-unsaturated/α-hetero) is 1. The Labute approximate surface area is 151 Å². The van der Waals surface area contributed by atoms with Crippen LogP contribution in [0.2, 0.25) is 0 Å². The molecule has 1 aromatic carbocycles. The molecule has 0 aliphatic carbocycles. The molecule has 0 atom stereocenters. The number of ketones is 1. The lowest BCUT2D eigenvalue weighted by molar-refractivity contribution is -0.118. The van der Waals surface area contributed by atoms with Gasteiger partial charge in [-0.05, 0) is 101 Å². The number of hydrogen-bond donors (Lipinski definition) is 0. The summed E-state index contributed by atoms with van der Waals surface area (Å²) >= 11 is 0. The van der Waals surface area contributed by atoms with Crippen molar-refractivity contribution in [1.29, 1.82) is 0 Å². The van der Waals surface area contributed by atoms with Gasteiger partial charge in [-0.15, -0.1) is 0 Å². The summed E-state index contributed by atoms with van der Waals surface area (Å²) in [5.41, 5.74) is 1.29. The van der Waals surface area contributed by atoms with Gasteiger partial charge in [0.15, 0.2) is 0 Å². The summed E-state index contributed by atoms with van der Waals surface area (Å²) in [7, 11) is 0. The molecule has 2 heterocycles. The average Bonchev–Trinajstić information content (AvgIpc) is 2.62. The Hall–Kier alpha value is -1.26. The minimum absolute atomic E-state index is 0.143. The average molecular weight is 346 g/mol. The fourth-order valence-corrected chi connectivity index (χ4v) is 4.34. The second-order valence-electron chi connectivity index (χ2n) is 7.88. The zero-order chi connectivity index (χ0) is 17.6. The molecule has 0 radical (unpaired) electrons. The molecule has 2 aliphatic heterocycles. The molecule has 0 aromatic heterocycles. The number of carbonyl (C=O) groups excluding carboxylic acids is 1. The largest absolute Gasteiger partial charge is 0.303 e. The van der Waals surface area contributed by atoms with Gasteiger partial charge >= 0.3 is 0 Å². The van der Waals surface area contributed by atoms with Crippen LogP contribution in [0, 0.1) is 11.7 Å². The van der Waals surface area contributed by atoms with E-state index in [-0.39, 0.29) is 11.6 Å². The SMILES string of the molecule is CC(=O)CN1CCC(CCN2CCC(c3ccc(F)cc3)CC2)CC1. The quantitative estimate of drug-likeness (QED) is 0.785. The lowest BCUT2D eigenvalue weighted by Gasteiger charge is -2.35. The minimum Gasteiger partial charge on any atom is -0.303 e. The summed E-state index contributed by atoms with van der Waals surface area (Å²) < 4.78 is 13.1. The third-order valence-electron chi connectivity index (χ3n) is 5.94. The molecule has 2 aliphatic rings. The highest BCUT2D eigenvalue weighted by atomic mass is 19.1. The zero-order valence-electron chi connectivity index (χ0n) is 15.4. The molecule has 0 spiro atoms. The third-order valence-corrected chi connectivity index (χ3v) is 5.94. The number of hydrogen-bond acceptors (Lipinski definition) is 3. The van der Waals surface area contributed by atoms with Crippen molar-refractivity contribution in [3.8, 4) is 0 Å². The lowest BCUT2D eigenvalue weighted by Crippen LogP contribution is -2.38. The van der Waals surface area contributed by atoms with Gasteiger partial charge in [0.2, 0.25) is 0 Å². The number of carbonyl (C=O) groups is 1. The van der Waals surface area contributed by atoms with Crippen LogP contribution >= 0.6 is 0 Å². The first-order valence-corrected chi connectivity index (χ1v) is 9.80. The van der Waals surface area contributed by atoms with Gasteiger partial charge in [0.1, 0.15) is 11.6 Å². The molecular formula is C21H31FN2O. The lowest BCUT2D eigenvalue weighted by atomic mass is 9.88. The van der Waals surface area contributed by atoms with Crippen molar-refractivity contribution in [2.75, 3.05) is 39.3 Å². The Morgan fingerprint density at radius 2 is 1.60 bits per heavy atom. The molecule has 2 fully saturated rings. The van der Waals surface area contributed by atoms with E-state index < -0.39 is 0 Å². The monoisotopic (exact) mass is 346 g/mol. The molecule has 3 nitrogen and oxygen atoms in total. The molecule has 3 rings (SSSR count). The number of piperidine rings is 2. The normalized spacial score (nSPS) is 21.5. The van der Waals surface area contributed by atoms with Crippen LogP contribution in [0.3, 0.4) is 0 Å². The Kier molecular flexibility index (Phi) is 6.60. The summed E-state index contributed by atoms with van der Waals surface area (Å²) in [6.07, 6.45) is 6.12. The smallest absolute Gasteiger partial charge is 0.143 e. The van der Waals surface area contributed by atoms with Gasteiger partial charge in [-0.25, -0.2) is 4.39 Å². The van der Waals surface area contributed by atoms with Gasteiger partial charge in [-0.3, -0.25) is 9.69 Å². The van der Waals surface area contributed by atoms with Crippen LogP contribution < -0.4 is 0 Å². The highest BCUT2D eigenvalue weighted by Gasteiger charge is 2.23. The van der Waals surface area contributed by atoms with Crippen LogP contribution in [-0.2, 0) is 4.79 Å². The molecule has 1 aromatic rings. The first-order chi connectivity index (χ1) is 12.1. The Morgan fingerprint density at radius 1 is 1.00 bits per heavy atom. The molecule has 4 heteroatoms. The van der Waals surface area contributed by atoms with Gasteiger partial charge in [0, 0.05) is 0 Å². The zero-order valence-corrected chi connectivity index (χ0v) is 15.4. The Bertz CT molecular complexity index is 544. The molecule has 0 amide bonds. The topological polar surface area (TPSA) is 23.6 Å². The van der Waals surface area contributed by atoms with Crippen LogP contribution in [-0.4, -0.2) is 54.9 Å². The van der Waals surface area contributed by atoms with E-state index in [0.717, 1.165) is 32.1 Å². The van der Waals surface area contributed by atoms with Crippen LogP contribution in [0.25, 0.3) is 0 Å². The molecule has 0 saturated carbocycles. The van der Waals surface area contributed by atoms with E-state index in [1.807, 2.05) is 12.1 Å². The van der Waals surface area contributed by atoms with Gasteiger partial charge in [0.25, 0.3) is 0 Å². The fraction of sp³-hybridized carbons (Fsp3) is 0.667. The molecule has 2 saturated heterocycles. The van der Waals surface area contributed by atoms with Crippen LogP contribution in [0.4, 0.5) is 4.39 Å². The van der Waals surface area contributed by atoms with Crippen molar-refractivity contribution < 1.29 is 9.18 Å². The van der Waals surface area contributed by atoms with Crippen molar-refractivity contribution in [3.05, 3.63) is 35.6 Å². The maximum absolute atomic E-state index is 13.1. The minimum atomic E-state index is -0.143. The van der Waals surface area contributed by atoms with Crippen molar-refractivity contribution in [1.82, 2.24) is 9.80 Å². The van der Waals surface area contributed by atoms with E-state index >= 15 is 0 Å². The van der Waals surface area contributed by atoms with Crippen LogP contribution in [0.5, 0.6) is 0 Å². The third kappa shape index (κ3) is 5.61. The second-order valence-corrected chi connectivity index (χ2v) is 7.88. The van der Waals surface area contributed by atoms with Gasteiger partial charge < -0.3 is 4.90 Å². The van der Waals surface area contributed by atoms with Crippen molar-refractivity contribution >= 4 is 5.78 Å². The van der Waals surface area contributed by atoms with E-state index in [1.54, 1.807) is 19.1 Å². The molecule has 0 bridgehead atoms. The highest BCUT2D eigenvalue weighted by Crippen LogP contribution is 2.29. The predicted molar refractivity (Wildman–Crippen MR) is 99.3 cm³/mol. The van der Waals surface area contributed by atoms with Gasteiger partial charge in [-0.1, -0.05) is 12.1 Å². The number of nitrogens with zero attached hydrogens (tertiary/aromatic N) is 2. The standard InChI is InChI=1S/C21H31FN2O/c1-17(25)16-24-12-7-18(8-13-24)6-11-23-14-9-20(10-15-23)19-2-4-21(22)5-3-19/h2-5,18,20H,6-16H2,1H3. The first kappa shape index (κ1) is 18.5. The van der Waals surface area contributed by atoms with Crippen LogP contribution in [0.15, 0.2) is 24.3 Å². The maximum atomic E-state index is 13.1. The molecular weight excluding hydrogens is 315 g/mol. The van der Waals surface area contributed by atoms with E-state index in [1.165, 1.54) is 44.2 Å². The summed E-state index contributed by atoms with van der Waals surface area (Å²) in [5.74, 6) is 1.54. The van der Waals surface area contributed by atoms with Crippen LogP contribution in [0.1, 0.15) is 50.5 Å². The molecule has 25 heavy (non-hydrogen) atoms. The Balaban J connectivity index is 1.34. The summed E-state index contributed by atoms with van der Waals surface area (Å²) in [6, 6.07) is 7.06. The van der Waals surface area contributed by atoms with Gasteiger partial charge in [-0.2, -0.15) is 0 Å². The number of likely N-dealkylation sites (tertiary alicyclic amines) is 2. The molecule has 138 valence electrons. The predicted octanol–water partition coefficient (Wildman–Crippen LogP) is 3.70. The van der Waals surface area contributed by atoms with E-state index in [4.69, 9.17) is 0 Å². The fourth-order valence-electron chi connectivity index (χ4n) is 4.34. The molecule has 0 N–H and O–H groups in total. The van der Waals surface area contributed by atoms with E-state index in [2.05, 4.69) is 9.80 Å². The van der Waals surface area contributed by atoms with Crippen molar-refractivity contribution in [2.24, 2.45) is 5.92 Å². The maximum Gasteiger partial charge on any atom is 0.143 e. The number of benzene rings is 1. The van der Waals surface area contributed by atoms with E-state index in [9.17, 15) is 9.18 Å². The summed E-state index contributed by atoms with van der Waals surface area (Å²) in [4.78, 5) is 16.1. The highest BCUT2D eigenvalue weighted by molar-refractivity contribution is 5.77. The van der Waals surface area contributed by atoms with Crippen molar-refractivity contribution in [2.45, 2.75) is 44.9 Å². The summed E-state index contributed by atoms with van der Waals surface area (Å²) in [5, 5.41) is 0. The van der Waals surface area contributed by atoms with E-state index in [0.29, 0.717) is 12.5 Å². The van der Waals surface area contributed by atoms with Crippen molar-refractivity contribution in [3.63, 3.8) is 0 Å². The summed E-state index contributed by atoms with van der Waals surface area (Å²) in [6.45, 7) is 7.99. The molecule has 0 unspecified atom stereocenters. The number of rotatable bonds is 6. The Morgan fingerprint density at radius 3 is 2.20 bits per heavy atom. The first-order valence-electron chi connectivity index (χ1n) is 9.80.